The minimum atomic E-state index is 0.311. The molecule has 1 aliphatic rings. The van der Waals surface area contributed by atoms with Crippen molar-refractivity contribution in [3.8, 4) is 0 Å². The van der Waals surface area contributed by atoms with Gasteiger partial charge in [0.05, 0.1) is 0 Å². The van der Waals surface area contributed by atoms with E-state index in [4.69, 9.17) is 9.97 Å². The number of hydrogen-bond acceptors (Lipinski definition) is 4. The summed E-state index contributed by atoms with van der Waals surface area (Å²) in [5.41, 5.74) is 2.82. The normalized spacial score (nSPS) is 15.2. The quantitative estimate of drug-likeness (QED) is 0.751. The number of halogens is 1. The summed E-state index contributed by atoms with van der Waals surface area (Å²) in [4.78, 5) is 11.9. The molecule has 0 saturated carbocycles. The average Bonchev–Trinajstić information content (AvgIpc) is 2.60. The average molecular weight is 403 g/mol. The first kappa shape index (κ1) is 18.2. The van der Waals surface area contributed by atoms with Gasteiger partial charge in [0.15, 0.2) is 0 Å². The highest BCUT2D eigenvalue weighted by molar-refractivity contribution is 9.10. The molecule has 0 aliphatic carbocycles. The fourth-order valence-electron chi connectivity index (χ4n) is 3.02. The summed E-state index contributed by atoms with van der Waals surface area (Å²) in [6.45, 7) is 10.6. The summed E-state index contributed by atoms with van der Waals surface area (Å²) in [6, 6.07) is 9.08. The third-order valence-electron chi connectivity index (χ3n) is 4.76. The fraction of sp³-hybridized carbons (Fsp3) is 0.500. The van der Waals surface area contributed by atoms with Crippen LogP contribution in [0.2, 0.25) is 0 Å². The van der Waals surface area contributed by atoms with Gasteiger partial charge in [-0.3, -0.25) is 0 Å². The Morgan fingerprint density at radius 1 is 1.16 bits per heavy atom. The Kier molecular flexibility index (Phi) is 5.62. The van der Waals surface area contributed by atoms with Gasteiger partial charge in [-0.1, -0.05) is 42.8 Å². The zero-order chi connectivity index (χ0) is 18.0. The van der Waals surface area contributed by atoms with Crippen molar-refractivity contribution >= 4 is 27.6 Å². The molecule has 1 aromatic carbocycles. The fourth-order valence-corrected chi connectivity index (χ4v) is 3.43. The van der Waals surface area contributed by atoms with E-state index in [9.17, 15) is 0 Å². The van der Waals surface area contributed by atoms with Gasteiger partial charge in [-0.2, -0.15) is 0 Å². The van der Waals surface area contributed by atoms with Gasteiger partial charge in [0.2, 0.25) is 0 Å². The zero-order valence-electron chi connectivity index (χ0n) is 15.5. The monoisotopic (exact) mass is 402 g/mol. The Morgan fingerprint density at radius 3 is 2.68 bits per heavy atom. The van der Waals surface area contributed by atoms with Crippen molar-refractivity contribution in [3.05, 3.63) is 45.7 Å². The molecule has 3 rings (SSSR count). The Hall–Kier alpha value is -1.62. The van der Waals surface area contributed by atoms with E-state index in [0.29, 0.717) is 12.0 Å². The van der Waals surface area contributed by atoms with Crippen LogP contribution < -0.4 is 10.2 Å². The summed E-state index contributed by atoms with van der Waals surface area (Å²) >= 11 is 3.57. The summed E-state index contributed by atoms with van der Waals surface area (Å²) in [5, 5.41) is 3.51. The molecule has 0 unspecified atom stereocenters. The van der Waals surface area contributed by atoms with E-state index in [1.54, 1.807) is 0 Å². The van der Waals surface area contributed by atoms with E-state index in [-0.39, 0.29) is 0 Å². The van der Waals surface area contributed by atoms with E-state index in [2.05, 4.69) is 78.1 Å². The van der Waals surface area contributed by atoms with Crippen molar-refractivity contribution in [2.24, 2.45) is 0 Å². The van der Waals surface area contributed by atoms with Crippen molar-refractivity contribution in [3.63, 3.8) is 0 Å². The summed E-state index contributed by atoms with van der Waals surface area (Å²) < 4.78 is 1.16. The minimum Gasteiger partial charge on any atom is -0.367 e. The van der Waals surface area contributed by atoms with Gasteiger partial charge in [-0.25, -0.2) is 9.97 Å². The Balaban J connectivity index is 1.89. The number of nitrogens with one attached hydrogen (secondary N) is 1. The van der Waals surface area contributed by atoms with Crippen LogP contribution in [0.4, 0.5) is 11.6 Å². The van der Waals surface area contributed by atoms with Crippen LogP contribution in [0.25, 0.3) is 0 Å². The lowest BCUT2D eigenvalue weighted by atomic mass is 10.00. The van der Waals surface area contributed by atoms with E-state index in [1.807, 2.05) is 0 Å². The van der Waals surface area contributed by atoms with E-state index in [0.717, 1.165) is 47.9 Å². The van der Waals surface area contributed by atoms with Gasteiger partial charge in [0.1, 0.15) is 17.5 Å². The molecular weight excluding hydrogens is 376 g/mol. The molecule has 0 radical (unpaired) electrons. The highest BCUT2D eigenvalue weighted by atomic mass is 79.9. The maximum Gasteiger partial charge on any atom is 0.135 e. The topological polar surface area (TPSA) is 41.0 Å². The van der Waals surface area contributed by atoms with E-state index in [1.165, 1.54) is 11.1 Å². The van der Waals surface area contributed by atoms with Crippen LogP contribution in [0.15, 0.2) is 28.7 Å². The second-order valence-electron chi connectivity index (χ2n) is 7.16. The largest absolute Gasteiger partial charge is 0.367 e. The molecule has 0 bridgehead atoms. The van der Waals surface area contributed by atoms with Crippen molar-refractivity contribution in [1.29, 1.82) is 0 Å². The van der Waals surface area contributed by atoms with Gasteiger partial charge in [-0.15, -0.1) is 0 Å². The molecule has 2 heterocycles. The van der Waals surface area contributed by atoms with Crippen LogP contribution in [0, 0.1) is 0 Å². The van der Waals surface area contributed by atoms with Gasteiger partial charge >= 0.3 is 0 Å². The number of hydrogen-bond donors (Lipinski definition) is 1. The molecule has 25 heavy (non-hydrogen) atoms. The lowest BCUT2D eigenvalue weighted by Crippen LogP contribution is -2.31. The smallest absolute Gasteiger partial charge is 0.135 e. The zero-order valence-corrected chi connectivity index (χ0v) is 17.1. The van der Waals surface area contributed by atoms with E-state index >= 15 is 0 Å². The molecule has 0 saturated heterocycles. The van der Waals surface area contributed by atoms with Gasteiger partial charge in [0, 0.05) is 35.6 Å². The number of anilines is 2. The minimum absolute atomic E-state index is 0.311. The van der Waals surface area contributed by atoms with Crippen LogP contribution in [-0.4, -0.2) is 22.6 Å². The SMILES string of the molecule is CC[C@H](C)Nc1cc(N2CCc3cc(Br)ccc3C2)nc(C(C)C)n1. The number of aromatic nitrogens is 2. The first-order valence-corrected chi connectivity index (χ1v) is 9.93. The number of fused-ring (bicyclic) bond motifs is 1. The number of benzene rings is 1. The van der Waals surface area contributed by atoms with E-state index < -0.39 is 0 Å². The predicted octanol–water partition coefficient (Wildman–Crippen LogP) is 5.14. The third kappa shape index (κ3) is 4.32. The molecule has 1 aliphatic heterocycles. The van der Waals surface area contributed by atoms with Crippen molar-refractivity contribution in [2.45, 2.75) is 59.0 Å². The van der Waals surface area contributed by atoms with Crippen LogP contribution in [-0.2, 0) is 13.0 Å². The van der Waals surface area contributed by atoms with Crippen LogP contribution in [0.5, 0.6) is 0 Å². The first-order valence-electron chi connectivity index (χ1n) is 9.14. The summed E-state index contributed by atoms with van der Waals surface area (Å²) in [6.07, 6.45) is 2.12. The lowest BCUT2D eigenvalue weighted by Gasteiger charge is -2.30. The lowest BCUT2D eigenvalue weighted by molar-refractivity contribution is 0.698. The molecule has 1 N–H and O–H groups in total. The standard InChI is InChI=1S/C20H27BrN4/c1-5-14(4)22-18-11-19(24-20(23-18)13(2)3)25-9-8-15-10-17(21)7-6-16(15)12-25/h6-7,10-11,13-14H,5,8-9,12H2,1-4H3,(H,22,23,24)/t14-/m0/s1. The summed E-state index contributed by atoms with van der Waals surface area (Å²) in [7, 11) is 0. The molecule has 0 fully saturated rings. The number of rotatable bonds is 5. The first-order chi connectivity index (χ1) is 12.0. The molecule has 1 aromatic heterocycles. The second-order valence-corrected chi connectivity index (χ2v) is 8.08. The third-order valence-corrected chi connectivity index (χ3v) is 5.25. The van der Waals surface area contributed by atoms with Gasteiger partial charge in [-0.05, 0) is 43.0 Å². The molecule has 5 heteroatoms. The summed E-state index contributed by atoms with van der Waals surface area (Å²) in [5.74, 6) is 3.18. The molecule has 2 aromatic rings. The van der Waals surface area contributed by atoms with Crippen LogP contribution >= 0.6 is 15.9 Å². The van der Waals surface area contributed by atoms with Gasteiger partial charge in [0.25, 0.3) is 0 Å². The second kappa shape index (κ2) is 7.73. The highest BCUT2D eigenvalue weighted by Gasteiger charge is 2.20. The van der Waals surface area contributed by atoms with Crippen molar-refractivity contribution in [2.75, 3.05) is 16.8 Å². The Morgan fingerprint density at radius 2 is 1.96 bits per heavy atom. The Labute approximate surface area is 159 Å². The van der Waals surface area contributed by atoms with Crippen molar-refractivity contribution in [1.82, 2.24) is 9.97 Å². The molecule has 134 valence electrons. The maximum absolute atomic E-state index is 4.85. The highest BCUT2D eigenvalue weighted by Crippen LogP contribution is 2.28. The molecule has 1 atom stereocenters. The van der Waals surface area contributed by atoms with Crippen molar-refractivity contribution < 1.29 is 0 Å². The van der Waals surface area contributed by atoms with Crippen LogP contribution in [0.3, 0.4) is 0 Å². The Bertz CT molecular complexity index is 744. The molecule has 0 spiro atoms. The maximum atomic E-state index is 4.85. The van der Waals surface area contributed by atoms with Crippen LogP contribution in [0.1, 0.15) is 57.0 Å². The van der Waals surface area contributed by atoms with Gasteiger partial charge < -0.3 is 10.2 Å². The molecule has 0 amide bonds. The molecular formula is C20H27BrN4. The predicted molar refractivity (Wildman–Crippen MR) is 108 cm³/mol. The number of nitrogens with zero attached hydrogens (tertiary/aromatic N) is 3. The molecule has 4 nitrogen and oxygen atoms in total.